The van der Waals surface area contributed by atoms with Gasteiger partial charge in [0.15, 0.2) is 0 Å². The van der Waals surface area contributed by atoms with Crippen LogP contribution in [0.4, 0.5) is 0 Å². The Kier molecular flexibility index (Phi) is 7.32. The second-order valence-corrected chi connectivity index (χ2v) is 10.3. The summed E-state index contributed by atoms with van der Waals surface area (Å²) in [5.74, 6) is 0.690. The largest absolute Gasteiger partial charge is 0.507 e. The van der Waals surface area contributed by atoms with Gasteiger partial charge >= 0.3 is 0 Å². The molecule has 0 aliphatic heterocycles. The van der Waals surface area contributed by atoms with Gasteiger partial charge in [0.25, 0.3) is 0 Å². The summed E-state index contributed by atoms with van der Waals surface area (Å²) >= 11 is 0. The van der Waals surface area contributed by atoms with E-state index in [1.165, 1.54) is 11.1 Å². The quantitative estimate of drug-likeness (QED) is 0.462. The first kappa shape index (κ1) is 24.3. The second-order valence-electron chi connectivity index (χ2n) is 10.3. The standard InChI is InChI=1S/C28H42O2/c1-10-13-22(23-16-20(27(6,7)11-2)14-18(4)25(23)29)24-17-21(28(8,9)12-3)15-19(5)26(24)30/h14-17,22,29-30H,10-13H2,1-9H3. The molecule has 0 aliphatic rings. The molecule has 0 spiro atoms. The lowest BCUT2D eigenvalue weighted by molar-refractivity contribution is 0.441. The number of benzene rings is 2. The Morgan fingerprint density at radius 1 is 0.700 bits per heavy atom. The van der Waals surface area contributed by atoms with Crippen LogP contribution in [0.5, 0.6) is 11.5 Å². The molecule has 0 atom stereocenters. The molecule has 0 aromatic heterocycles. The minimum absolute atomic E-state index is 0.0346. The van der Waals surface area contributed by atoms with Crippen molar-refractivity contribution in [2.24, 2.45) is 0 Å². The lowest BCUT2D eigenvalue weighted by Crippen LogP contribution is -2.18. The van der Waals surface area contributed by atoms with E-state index in [9.17, 15) is 10.2 Å². The average Bonchev–Trinajstić information content (AvgIpc) is 2.70. The van der Waals surface area contributed by atoms with Gasteiger partial charge in [-0.15, -0.1) is 0 Å². The number of rotatable bonds is 8. The summed E-state index contributed by atoms with van der Waals surface area (Å²) in [7, 11) is 0. The Hall–Kier alpha value is -1.96. The molecule has 0 fully saturated rings. The van der Waals surface area contributed by atoms with Gasteiger partial charge in [0.1, 0.15) is 11.5 Å². The van der Waals surface area contributed by atoms with Crippen molar-refractivity contribution in [3.05, 3.63) is 57.6 Å². The van der Waals surface area contributed by atoms with Crippen LogP contribution < -0.4 is 0 Å². The Balaban J connectivity index is 2.78. The average molecular weight is 411 g/mol. The van der Waals surface area contributed by atoms with Gasteiger partial charge in [-0.05, 0) is 66.2 Å². The minimum atomic E-state index is -0.0346. The van der Waals surface area contributed by atoms with Crippen molar-refractivity contribution in [3.8, 4) is 11.5 Å². The maximum atomic E-state index is 11.1. The van der Waals surface area contributed by atoms with Gasteiger partial charge in [0, 0.05) is 17.0 Å². The summed E-state index contributed by atoms with van der Waals surface area (Å²) < 4.78 is 0. The van der Waals surface area contributed by atoms with Gasteiger partial charge in [-0.3, -0.25) is 0 Å². The number of phenols is 2. The summed E-state index contributed by atoms with van der Waals surface area (Å²) in [6.07, 6.45) is 3.91. The molecule has 2 rings (SSSR count). The Bertz CT molecular complexity index is 818. The molecule has 166 valence electrons. The van der Waals surface area contributed by atoms with E-state index in [4.69, 9.17) is 0 Å². The van der Waals surface area contributed by atoms with Gasteiger partial charge in [0.2, 0.25) is 0 Å². The maximum Gasteiger partial charge on any atom is 0.122 e. The van der Waals surface area contributed by atoms with E-state index >= 15 is 0 Å². The van der Waals surface area contributed by atoms with E-state index in [-0.39, 0.29) is 16.7 Å². The van der Waals surface area contributed by atoms with Crippen LogP contribution in [-0.4, -0.2) is 10.2 Å². The molecule has 0 heterocycles. The van der Waals surface area contributed by atoms with E-state index in [0.717, 1.165) is 47.9 Å². The fourth-order valence-corrected chi connectivity index (χ4v) is 4.10. The summed E-state index contributed by atoms with van der Waals surface area (Å²) in [5.41, 5.74) is 6.26. The van der Waals surface area contributed by atoms with E-state index in [1.807, 2.05) is 13.8 Å². The second kappa shape index (κ2) is 9.04. The van der Waals surface area contributed by atoms with E-state index in [1.54, 1.807) is 0 Å². The third-order valence-corrected chi connectivity index (χ3v) is 7.32. The third kappa shape index (κ3) is 4.68. The Morgan fingerprint density at radius 2 is 1.07 bits per heavy atom. The van der Waals surface area contributed by atoms with Crippen LogP contribution in [-0.2, 0) is 10.8 Å². The van der Waals surface area contributed by atoms with Gasteiger partial charge in [-0.1, -0.05) is 79.2 Å². The Labute approximate surface area is 184 Å². The number of aryl methyl sites for hydroxylation is 2. The molecule has 2 nitrogen and oxygen atoms in total. The molecule has 2 N–H and O–H groups in total. The summed E-state index contributed by atoms with van der Waals surface area (Å²) in [6.45, 7) is 19.6. The fraction of sp³-hybridized carbons (Fsp3) is 0.571. The molecular weight excluding hydrogens is 368 g/mol. The molecule has 0 amide bonds. The zero-order valence-electron chi connectivity index (χ0n) is 20.6. The molecule has 0 unspecified atom stereocenters. The fourth-order valence-electron chi connectivity index (χ4n) is 4.10. The molecule has 2 aromatic carbocycles. The topological polar surface area (TPSA) is 40.5 Å². The predicted molar refractivity (Wildman–Crippen MR) is 129 cm³/mol. The van der Waals surface area contributed by atoms with Crippen LogP contribution in [0.25, 0.3) is 0 Å². The minimum Gasteiger partial charge on any atom is -0.507 e. The normalized spacial score (nSPS) is 12.6. The van der Waals surface area contributed by atoms with Crippen molar-refractivity contribution < 1.29 is 10.2 Å². The SMILES string of the molecule is CCCC(c1cc(C(C)(C)CC)cc(C)c1O)c1cc(C(C)(C)CC)cc(C)c1O. The van der Waals surface area contributed by atoms with Crippen LogP contribution in [0.1, 0.15) is 113 Å². The molecule has 0 saturated heterocycles. The number of aromatic hydroxyl groups is 2. The maximum absolute atomic E-state index is 11.1. The zero-order valence-corrected chi connectivity index (χ0v) is 20.6. The third-order valence-electron chi connectivity index (χ3n) is 7.32. The smallest absolute Gasteiger partial charge is 0.122 e. The molecule has 0 radical (unpaired) electrons. The molecule has 2 aromatic rings. The molecule has 0 bridgehead atoms. The van der Waals surface area contributed by atoms with Gasteiger partial charge in [-0.25, -0.2) is 0 Å². The van der Waals surface area contributed by atoms with Gasteiger partial charge < -0.3 is 10.2 Å². The lowest BCUT2D eigenvalue weighted by atomic mass is 9.75. The summed E-state index contributed by atoms with van der Waals surface area (Å²) in [6, 6.07) is 8.59. The number of hydrogen-bond acceptors (Lipinski definition) is 2. The van der Waals surface area contributed by atoms with E-state index in [0.29, 0.717) is 11.5 Å². The Morgan fingerprint density at radius 3 is 1.37 bits per heavy atom. The van der Waals surface area contributed by atoms with Crippen molar-refractivity contribution in [2.45, 2.75) is 105 Å². The van der Waals surface area contributed by atoms with E-state index in [2.05, 4.69) is 72.7 Å². The van der Waals surface area contributed by atoms with E-state index < -0.39 is 0 Å². The van der Waals surface area contributed by atoms with Crippen LogP contribution >= 0.6 is 0 Å². The first-order chi connectivity index (χ1) is 13.9. The highest BCUT2D eigenvalue weighted by molar-refractivity contribution is 5.55. The predicted octanol–water partition coefficient (Wildman–Crippen LogP) is 8.02. The van der Waals surface area contributed by atoms with Crippen LogP contribution in [0, 0.1) is 13.8 Å². The molecule has 0 aliphatic carbocycles. The highest BCUT2D eigenvalue weighted by Crippen LogP contribution is 2.45. The summed E-state index contributed by atoms with van der Waals surface area (Å²) in [4.78, 5) is 0. The van der Waals surface area contributed by atoms with Gasteiger partial charge in [0.05, 0.1) is 0 Å². The van der Waals surface area contributed by atoms with Crippen molar-refractivity contribution in [1.29, 1.82) is 0 Å². The first-order valence-electron chi connectivity index (χ1n) is 11.6. The van der Waals surface area contributed by atoms with Crippen molar-refractivity contribution in [3.63, 3.8) is 0 Å². The number of phenolic OH excluding ortho intramolecular Hbond substituents is 2. The van der Waals surface area contributed by atoms with Crippen molar-refractivity contribution in [1.82, 2.24) is 0 Å². The first-order valence-corrected chi connectivity index (χ1v) is 11.6. The van der Waals surface area contributed by atoms with Crippen molar-refractivity contribution in [2.75, 3.05) is 0 Å². The molecule has 2 heteroatoms. The molecule has 0 saturated carbocycles. The van der Waals surface area contributed by atoms with Crippen LogP contribution in [0.2, 0.25) is 0 Å². The monoisotopic (exact) mass is 410 g/mol. The lowest BCUT2D eigenvalue weighted by Gasteiger charge is -2.30. The van der Waals surface area contributed by atoms with Crippen LogP contribution in [0.3, 0.4) is 0 Å². The number of hydrogen-bond donors (Lipinski definition) is 2. The highest BCUT2D eigenvalue weighted by Gasteiger charge is 2.28. The molecular formula is C28H42O2. The van der Waals surface area contributed by atoms with Crippen LogP contribution in [0.15, 0.2) is 24.3 Å². The molecule has 30 heavy (non-hydrogen) atoms. The zero-order chi connectivity index (χ0) is 22.9. The summed E-state index contributed by atoms with van der Waals surface area (Å²) in [5, 5.41) is 22.1. The van der Waals surface area contributed by atoms with Crippen molar-refractivity contribution >= 4 is 0 Å². The van der Waals surface area contributed by atoms with Gasteiger partial charge in [-0.2, -0.15) is 0 Å². The highest BCUT2D eigenvalue weighted by atomic mass is 16.3.